The van der Waals surface area contributed by atoms with E-state index in [-0.39, 0.29) is 24.6 Å². The van der Waals surface area contributed by atoms with E-state index >= 15 is 0 Å². The van der Waals surface area contributed by atoms with E-state index in [1.54, 1.807) is 29.4 Å². The standard InChI is InChI=1S/C24H22N2O3/c1-16-5-8-18(9-6-16)24(28)26(15-21-4-3-11-29-21)14-20-13-19-10-7-17(2)12-22(19)25-23(20)27/h3-13H,14-15H2,1-2H3,(H,25,27). The summed E-state index contributed by atoms with van der Waals surface area (Å²) in [6, 6.07) is 18.8. The molecule has 0 saturated carbocycles. The van der Waals surface area contributed by atoms with E-state index < -0.39 is 0 Å². The van der Waals surface area contributed by atoms with Gasteiger partial charge in [0.2, 0.25) is 0 Å². The van der Waals surface area contributed by atoms with Crippen LogP contribution in [-0.2, 0) is 13.1 Å². The highest BCUT2D eigenvalue weighted by atomic mass is 16.3. The van der Waals surface area contributed by atoms with Crippen LogP contribution in [0.4, 0.5) is 0 Å². The van der Waals surface area contributed by atoms with Crippen LogP contribution < -0.4 is 5.56 Å². The number of carbonyl (C=O) groups excluding carboxylic acids is 1. The Morgan fingerprint density at radius 2 is 1.72 bits per heavy atom. The number of benzene rings is 2. The third-order valence-corrected chi connectivity index (χ3v) is 4.95. The summed E-state index contributed by atoms with van der Waals surface area (Å²) in [6.45, 7) is 4.43. The van der Waals surface area contributed by atoms with Gasteiger partial charge >= 0.3 is 0 Å². The van der Waals surface area contributed by atoms with Crippen LogP contribution in [0.1, 0.15) is 32.8 Å². The molecule has 0 spiro atoms. The molecule has 0 unspecified atom stereocenters. The van der Waals surface area contributed by atoms with Crippen molar-refractivity contribution in [1.82, 2.24) is 9.88 Å². The second-order valence-corrected chi connectivity index (χ2v) is 7.32. The Labute approximate surface area is 168 Å². The maximum atomic E-state index is 13.2. The van der Waals surface area contributed by atoms with Gasteiger partial charge in [0, 0.05) is 16.6 Å². The fourth-order valence-electron chi connectivity index (χ4n) is 3.35. The van der Waals surface area contributed by atoms with Crippen molar-refractivity contribution in [3.8, 4) is 0 Å². The van der Waals surface area contributed by atoms with Crippen LogP contribution in [0.2, 0.25) is 0 Å². The van der Waals surface area contributed by atoms with Gasteiger partial charge in [0.05, 0.1) is 19.4 Å². The van der Waals surface area contributed by atoms with Crippen LogP contribution in [0.15, 0.2) is 76.1 Å². The van der Waals surface area contributed by atoms with Gasteiger partial charge in [0.15, 0.2) is 0 Å². The maximum Gasteiger partial charge on any atom is 0.254 e. The molecule has 5 heteroatoms. The Kier molecular flexibility index (Phi) is 5.04. The van der Waals surface area contributed by atoms with Crippen LogP contribution >= 0.6 is 0 Å². The quantitative estimate of drug-likeness (QED) is 0.546. The Hall–Kier alpha value is -3.60. The van der Waals surface area contributed by atoms with Crippen molar-refractivity contribution < 1.29 is 9.21 Å². The minimum Gasteiger partial charge on any atom is -0.467 e. The predicted octanol–water partition coefficient (Wildman–Crippen LogP) is 4.58. The molecule has 146 valence electrons. The van der Waals surface area contributed by atoms with Crippen molar-refractivity contribution in [2.75, 3.05) is 0 Å². The number of nitrogens with one attached hydrogen (secondary N) is 1. The van der Waals surface area contributed by atoms with Gasteiger partial charge in [-0.1, -0.05) is 29.8 Å². The first-order valence-electron chi connectivity index (χ1n) is 9.50. The number of nitrogens with zero attached hydrogens (tertiary/aromatic N) is 1. The number of aromatic amines is 1. The van der Waals surface area contributed by atoms with Crippen LogP contribution in [-0.4, -0.2) is 15.8 Å². The highest BCUT2D eigenvalue weighted by Gasteiger charge is 2.19. The number of furan rings is 1. The van der Waals surface area contributed by atoms with Crippen molar-refractivity contribution in [2.45, 2.75) is 26.9 Å². The average molecular weight is 386 g/mol. The van der Waals surface area contributed by atoms with Gasteiger partial charge in [0.1, 0.15) is 5.76 Å². The van der Waals surface area contributed by atoms with E-state index in [9.17, 15) is 9.59 Å². The number of aromatic nitrogens is 1. The topological polar surface area (TPSA) is 66.3 Å². The lowest BCUT2D eigenvalue weighted by atomic mass is 10.1. The molecule has 29 heavy (non-hydrogen) atoms. The number of rotatable bonds is 5. The molecule has 1 amide bonds. The second kappa shape index (κ2) is 7.80. The molecule has 2 heterocycles. The zero-order valence-electron chi connectivity index (χ0n) is 16.4. The first-order valence-corrected chi connectivity index (χ1v) is 9.50. The van der Waals surface area contributed by atoms with Crippen LogP contribution in [0, 0.1) is 13.8 Å². The van der Waals surface area contributed by atoms with Crippen molar-refractivity contribution in [3.63, 3.8) is 0 Å². The molecule has 2 aromatic carbocycles. The van der Waals surface area contributed by atoms with Gasteiger partial charge < -0.3 is 14.3 Å². The summed E-state index contributed by atoms with van der Waals surface area (Å²) < 4.78 is 5.44. The minimum atomic E-state index is -0.191. The van der Waals surface area contributed by atoms with Crippen LogP contribution in [0.5, 0.6) is 0 Å². The van der Waals surface area contributed by atoms with E-state index in [1.165, 1.54) is 0 Å². The summed E-state index contributed by atoms with van der Waals surface area (Å²) in [7, 11) is 0. The van der Waals surface area contributed by atoms with E-state index in [2.05, 4.69) is 4.98 Å². The van der Waals surface area contributed by atoms with Gasteiger partial charge in [-0.3, -0.25) is 9.59 Å². The molecule has 0 aliphatic rings. The van der Waals surface area contributed by atoms with Crippen molar-refractivity contribution in [2.24, 2.45) is 0 Å². The molecule has 0 atom stereocenters. The average Bonchev–Trinajstić information content (AvgIpc) is 3.21. The highest BCUT2D eigenvalue weighted by Crippen LogP contribution is 2.17. The predicted molar refractivity (Wildman–Crippen MR) is 113 cm³/mol. The zero-order chi connectivity index (χ0) is 20.4. The number of hydrogen-bond acceptors (Lipinski definition) is 3. The molecule has 0 radical (unpaired) electrons. The minimum absolute atomic E-state index is 0.148. The number of H-pyrrole nitrogens is 1. The smallest absolute Gasteiger partial charge is 0.254 e. The molecule has 1 N–H and O–H groups in total. The van der Waals surface area contributed by atoms with Gasteiger partial charge in [-0.05, 0) is 61.2 Å². The Balaban J connectivity index is 1.69. The zero-order valence-corrected chi connectivity index (χ0v) is 16.4. The lowest BCUT2D eigenvalue weighted by Gasteiger charge is -2.22. The fourth-order valence-corrected chi connectivity index (χ4v) is 3.35. The lowest BCUT2D eigenvalue weighted by molar-refractivity contribution is 0.0717. The summed E-state index contributed by atoms with van der Waals surface area (Å²) in [4.78, 5) is 30.4. The Bertz CT molecular complexity index is 1210. The normalized spacial score (nSPS) is 11.0. The SMILES string of the molecule is Cc1ccc(C(=O)N(Cc2ccco2)Cc2cc3ccc(C)cc3[nH]c2=O)cc1. The van der Waals surface area contributed by atoms with Crippen molar-refractivity contribution >= 4 is 16.8 Å². The van der Waals surface area contributed by atoms with Gasteiger partial charge in [-0.25, -0.2) is 0 Å². The van der Waals surface area contributed by atoms with Crippen LogP contribution in [0.25, 0.3) is 10.9 Å². The Morgan fingerprint density at radius 3 is 2.45 bits per heavy atom. The molecule has 0 bridgehead atoms. The van der Waals surface area contributed by atoms with E-state index in [1.807, 2.05) is 56.3 Å². The summed E-state index contributed by atoms with van der Waals surface area (Å²) in [5.74, 6) is 0.517. The Morgan fingerprint density at radius 1 is 0.966 bits per heavy atom. The molecule has 0 aliphatic carbocycles. The number of amides is 1. The van der Waals surface area contributed by atoms with Gasteiger partial charge in [-0.15, -0.1) is 0 Å². The van der Waals surface area contributed by atoms with E-state index in [4.69, 9.17) is 4.42 Å². The first-order chi connectivity index (χ1) is 14.0. The third kappa shape index (κ3) is 4.14. The molecule has 0 saturated heterocycles. The van der Waals surface area contributed by atoms with Gasteiger partial charge in [-0.2, -0.15) is 0 Å². The molecular weight excluding hydrogens is 364 g/mol. The molecular formula is C24H22N2O3. The first kappa shape index (κ1) is 18.7. The molecule has 0 aliphatic heterocycles. The monoisotopic (exact) mass is 386 g/mol. The summed E-state index contributed by atoms with van der Waals surface area (Å²) in [5, 5.41) is 0.936. The summed E-state index contributed by atoms with van der Waals surface area (Å²) >= 11 is 0. The molecule has 5 nitrogen and oxygen atoms in total. The highest BCUT2D eigenvalue weighted by molar-refractivity contribution is 5.94. The fraction of sp³-hybridized carbons (Fsp3) is 0.167. The number of aryl methyl sites for hydroxylation is 2. The van der Waals surface area contributed by atoms with Crippen molar-refractivity contribution in [1.29, 1.82) is 0 Å². The second-order valence-electron chi connectivity index (χ2n) is 7.32. The number of pyridine rings is 1. The maximum absolute atomic E-state index is 13.2. The molecule has 4 rings (SSSR count). The molecule has 4 aromatic rings. The van der Waals surface area contributed by atoms with Gasteiger partial charge in [0.25, 0.3) is 11.5 Å². The number of fused-ring (bicyclic) bond motifs is 1. The number of carbonyl (C=O) groups is 1. The third-order valence-electron chi connectivity index (χ3n) is 4.95. The molecule has 2 aromatic heterocycles. The lowest BCUT2D eigenvalue weighted by Crippen LogP contribution is -2.32. The van der Waals surface area contributed by atoms with E-state index in [0.717, 1.165) is 22.0 Å². The summed E-state index contributed by atoms with van der Waals surface area (Å²) in [6.07, 6.45) is 1.58. The largest absolute Gasteiger partial charge is 0.467 e. The van der Waals surface area contributed by atoms with Crippen molar-refractivity contribution in [3.05, 3.63) is 105 Å². The number of hydrogen-bond donors (Lipinski definition) is 1. The molecule has 0 fully saturated rings. The van der Waals surface area contributed by atoms with E-state index in [0.29, 0.717) is 16.9 Å². The van der Waals surface area contributed by atoms with Crippen LogP contribution in [0.3, 0.4) is 0 Å². The summed E-state index contributed by atoms with van der Waals surface area (Å²) in [5.41, 5.74) is 3.88.